The van der Waals surface area contributed by atoms with E-state index in [0.29, 0.717) is 0 Å². The molecule has 0 atom stereocenters. The van der Waals surface area contributed by atoms with Crippen molar-refractivity contribution in [3.05, 3.63) is 52.7 Å². The number of anilines is 1. The molecule has 18 heavy (non-hydrogen) atoms. The molecule has 2 rings (SSSR count). The molecule has 0 aliphatic heterocycles. The van der Waals surface area contributed by atoms with Crippen molar-refractivity contribution in [2.24, 2.45) is 0 Å². The highest BCUT2D eigenvalue weighted by Gasteiger charge is 2.07. The highest BCUT2D eigenvalue weighted by Crippen LogP contribution is 2.17. The lowest BCUT2D eigenvalue weighted by molar-refractivity contribution is -0.113. The Labute approximate surface area is 110 Å². The van der Waals surface area contributed by atoms with Gasteiger partial charge in [0.2, 0.25) is 0 Å². The fourth-order valence-corrected chi connectivity index (χ4v) is 2.08. The Morgan fingerprint density at radius 2 is 2.00 bits per heavy atom. The summed E-state index contributed by atoms with van der Waals surface area (Å²) in [5, 5.41) is 13.1. The number of phenolic OH excluding ortho intramolecular Hbond substituents is 1. The molecular weight excluding hydrogens is 246 g/mol. The molecule has 0 bridgehead atoms. The van der Waals surface area contributed by atoms with Crippen LogP contribution < -0.4 is 4.90 Å². The first-order chi connectivity index (χ1) is 8.66. The Balaban J connectivity index is 2.07. The van der Waals surface area contributed by atoms with Crippen LogP contribution in [0.2, 0.25) is 0 Å². The number of thiophene rings is 1. The topological polar surface area (TPSA) is 40.5 Å². The molecule has 0 radical (unpaired) electrons. The van der Waals surface area contributed by atoms with Crippen molar-refractivity contribution in [3.63, 3.8) is 0 Å². The molecule has 1 amide bonds. The first-order valence-corrected chi connectivity index (χ1v) is 6.38. The van der Waals surface area contributed by atoms with Crippen LogP contribution in [0.15, 0.2) is 47.2 Å². The number of hydrogen-bond acceptors (Lipinski definition) is 3. The molecular formula is C14H13NO2S. The largest absolute Gasteiger partial charge is 0.508 e. The van der Waals surface area contributed by atoms with Crippen molar-refractivity contribution in [2.75, 3.05) is 11.9 Å². The number of rotatable bonds is 3. The van der Waals surface area contributed by atoms with Crippen molar-refractivity contribution in [1.29, 1.82) is 0 Å². The predicted octanol–water partition coefficient (Wildman–Crippen LogP) is 3.13. The maximum Gasteiger partial charge on any atom is 0.250 e. The Bertz CT molecular complexity index is 544. The van der Waals surface area contributed by atoms with Gasteiger partial charge in [0.25, 0.3) is 5.91 Å². The summed E-state index contributed by atoms with van der Waals surface area (Å²) < 4.78 is 0. The Hall–Kier alpha value is -2.07. The summed E-state index contributed by atoms with van der Waals surface area (Å²) in [6.07, 6.45) is 3.32. The van der Waals surface area contributed by atoms with Gasteiger partial charge in [-0.05, 0) is 52.7 Å². The number of phenols is 1. The monoisotopic (exact) mass is 259 g/mol. The second-order valence-electron chi connectivity index (χ2n) is 3.80. The van der Waals surface area contributed by atoms with E-state index in [4.69, 9.17) is 0 Å². The van der Waals surface area contributed by atoms with Gasteiger partial charge in [-0.3, -0.25) is 4.79 Å². The average molecular weight is 259 g/mol. The van der Waals surface area contributed by atoms with Gasteiger partial charge in [0.1, 0.15) is 5.75 Å². The third-order valence-corrected chi connectivity index (χ3v) is 3.23. The highest BCUT2D eigenvalue weighted by molar-refractivity contribution is 7.08. The zero-order valence-corrected chi connectivity index (χ0v) is 10.7. The van der Waals surface area contributed by atoms with Crippen LogP contribution in [0.5, 0.6) is 5.75 Å². The van der Waals surface area contributed by atoms with Gasteiger partial charge in [0, 0.05) is 18.8 Å². The van der Waals surface area contributed by atoms with E-state index in [0.717, 1.165) is 11.3 Å². The van der Waals surface area contributed by atoms with Gasteiger partial charge in [0.15, 0.2) is 0 Å². The van der Waals surface area contributed by atoms with Gasteiger partial charge >= 0.3 is 0 Å². The van der Waals surface area contributed by atoms with Gasteiger partial charge in [-0.1, -0.05) is 0 Å². The van der Waals surface area contributed by atoms with E-state index in [1.165, 1.54) is 11.0 Å². The second-order valence-corrected chi connectivity index (χ2v) is 4.58. The summed E-state index contributed by atoms with van der Waals surface area (Å²) >= 11 is 1.59. The van der Waals surface area contributed by atoms with E-state index in [9.17, 15) is 9.90 Å². The molecule has 0 aliphatic carbocycles. The first-order valence-electron chi connectivity index (χ1n) is 5.44. The zero-order valence-electron chi connectivity index (χ0n) is 9.91. The van der Waals surface area contributed by atoms with Gasteiger partial charge in [-0.15, -0.1) is 0 Å². The van der Waals surface area contributed by atoms with Crippen LogP contribution in [-0.4, -0.2) is 18.1 Å². The van der Waals surface area contributed by atoms with Crippen LogP contribution in [-0.2, 0) is 4.79 Å². The lowest BCUT2D eigenvalue weighted by Gasteiger charge is -2.14. The molecule has 1 aromatic heterocycles. The molecule has 0 spiro atoms. The van der Waals surface area contributed by atoms with Crippen molar-refractivity contribution in [2.45, 2.75) is 0 Å². The smallest absolute Gasteiger partial charge is 0.250 e. The third-order valence-electron chi connectivity index (χ3n) is 2.53. The molecule has 0 aliphatic rings. The molecule has 4 heteroatoms. The van der Waals surface area contributed by atoms with E-state index in [2.05, 4.69) is 0 Å². The van der Waals surface area contributed by atoms with Crippen molar-refractivity contribution < 1.29 is 9.90 Å². The SMILES string of the molecule is CN(C(=O)/C=C/c1ccsc1)c1ccc(O)cc1. The van der Waals surface area contributed by atoms with Crippen LogP contribution in [0.4, 0.5) is 5.69 Å². The first kappa shape index (κ1) is 12.4. The van der Waals surface area contributed by atoms with Gasteiger partial charge in [-0.25, -0.2) is 0 Å². The molecule has 0 fully saturated rings. The molecule has 92 valence electrons. The van der Waals surface area contributed by atoms with E-state index < -0.39 is 0 Å². The van der Waals surface area contributed by atoms with Crippen molar-refractivity contribution >= 4 is 29.0 Å². The minimum Gasteiger partial charge on any atom is -0.508 e. The zero-order chi connectivity index (χ0) is 13.0. The highest BCUT2D eigenvalue weighted by atomic mass is 32.1. The normalized spacial score (nSPS) is 10.7. The maximum absolute atomic E-state index is 11.9. The average Bonchev–Trinajstić information content (AvgIpc) is 2.89. The van der Waals surface area contributed by atoms with E-state index in [1.807, 2.05) is 16.8 Å². The second kappa shape index (κ2) is 5.51. The van der Waals surface area contributed by atoms with Crippen molar-refractivity contribution in [3.8, 4) is 5.75 Å². The summed E-state index contributed by atoms with van der Waals surface area (Å²) in [7, 11) is 1.70. The number of carbonyl (C=O) groups is 1. The summed E-state index contributed by atoms with van der Waals surface area (Å²) in [5.41, 5.74) is 1.76. The molecule has 0 saturated heterocycles. The minimum atomic E-state index is -0.105. The van der Waals surface area contributed by atoms with Gasteiger partial charge in [-0.2, -0.15) is 11.3 Å². The Kier molecular flexibility index (Phi) is 3.79. The van der Waals surface area contributed by atoms with Crippen LogP contribution in [0, 0.1) is 0 Å². The summed E-state index contributed by atoms with van der Waals surface area (Å²) in [5.74, 6) is 0.0836. The molecule has 1 N–H and O–H groups in total. The van der Waals surface area contributed by atoms with Crippen LogP contribution in [0.3, 0.4) is 0 Å². The quantitative estimate of drug-likeness (QED) is 0.860. The minimum absolute atomic E-state index is 0.105. The molecule has 0 unspecified atom stereocenters. The van der Waals surface area contributed by atoms with Crippen molar-refractivity contribution in [1.82, 2.24) is 0 Å². The Morgan fingerprint density at radius 3 is 2.61 bits per heavy atom. The van der Waals surface area contributed by atoms with Crippen LogP contribution in [0.1, 0.15) is 5.56 Å². The molecule has 0 saturated carbocycles. The van der Waals surface area contributed by atoms with Crippen LogP contribution in [0.25, 0.3) is 6.08 Å². The van der Waals surface area contributed by atoms with Gasteiger partial charge in [0.05, 0.1) is 0 Å². The summed E-state index contributed by atoms with van der Waals surface area (Å²) in [6, 6.07) is 8.47. The van der Waals surface area contributed by atoms with E-state index >= 15 is 0 Å². The number of amides is 1. The summed E-state index contributed by atoms with van der Waals surface area (Å²) in [4.78, 5) is 13.4. The van der Waals surface area contributed by atoms with Gasteiger partial charge < -0.3 is 10.0 Å². The molecule has 3 nitrogen and oxygen atoms in total. The number of hydrogen-bond donors (Lipinski definition) is 1. The third kappa shape index (κ3) is 2.99. The van der Waals surface area contributed by atoms with Crippen LogP contribution >= 0.6 is 11.3 Å². The molecule has 1 aromatic carbocycles. The predicted molar refractivity (Wildman–Crippen MR) is 74.9 cm³/mol. The fraction of sp³-hybridized carbons (Fsp3) is 0.0714. The molecule has 1 heterocycles. The summed E-state index contributed by atoms with van der Waals surface area (Å²) in [6.45, 7) is 0. The number of nitrogens with zero attached hydrogens (tertiary/aromatic N) is 1. The maximum atomic E-state index is 11.9. The number of carbonyl (C=O) groups excluding carboxylic acids is 1. The number of likely N-dealkylation sites (N-methyl/N-ethyl adjacent to an activating group) is 1. The Morgan fingerprint density at radius 1 is 1.28 bits per heavy atom. The fourth-order valence-electron chi connectivity index (χ4n) is 1.45. The molecule has 2 aromatic rings. The lowest BCUT2D eigenvalue weighted by Crippen LogP contribution is -2.23. The van der Waals surface area contributed by atoms with E-state index in [1.54, 1.807) is 48.7 Å². The number of aromatic hydroxyl groups is 1. The standard InChI is InChI=1S/C14H13NO2S/c1-15(12-3-5-13(16)6-4-12)14(17)7-2-11-8-9-18-10-11/h2-10,16H,1H3/b7-2+. The van der Waals surface area contributed by atoms with E-state index in [-0.39, 0.29) is 11.7 Å². The number of benzene rings is 1. The lowest BCUT2D eigenvalue weighted by atomic mass is 10.2.